The van der Waals surface area contributed by atoms with Crippen molar-refractivity contribution < 1.29 is 19.2 Å². The summed E-state index contributed by atoms with van der Waals surface area (Å²) in [5, 5.41) is 0. The van der Waals surface area contributed by atoms with Crippen LogP contribution in [-0.2, 0) is 31.3 Å². The first kappa shape index (κ1) is 27.0. The van der Waals surface area contributed by atoms with Crippen molar-refractivity contribution in [3.63, 3.8) is 0 Å². The van der Waals surface area contributed by atoms with Crippen LogP contribution >= 0.6 is 0 Å². The maximum Gasteiger partial charge on any atom is 0.240 e. The summed E-state index contributed by atoms with van der Waals surface area (Å²) in [6, 6.07) is 32.5. The van der Waals surface area contributed by atoms with E-state index in [1.807, 2.05) is 36.4 Å². The van der Waals surface area contributed by atoms with Crippen molar-refractivity contribution >= 4 is 35.7 Å². The summed E-state index contributed by atoms with van der Waals surface area (Å²) in [6.07, 6.45) is 6.75. The van der Waals surface area contributed by atoms with E-state index in [9.17, 15) is 19.2 Å². The Kier molecular flexibility index (Phi) is 10.0. The van der Waals surface area contributed by atoms with Gasteiger partial charge in [0.25, 0.3) is 0 Å². The fourth-order valence-electron chi connectivity index (χ4n) is 3.64. The van der Waals surface area contributed by atoms with E-state index < -0.39 is 5.66 Å². The molecule has 4 aromatic carbocycles. The number of hydrogen-bond donors (Lipinski definition) is 0. The van der Waals surface area contributed by atoms with Gasteiger partial charge in [-0.15, -0.1) is 0 Å². The van der Waals surface area contributed by atoms with Crippen LogP contribution in [0.3, 0.4) is 0 Å². The van der Waals surface area contributed by atoms with Crippen LogP contribution < -0.4 is 0 Å². The molecule has 0 N–H and O–H groups in total. The molecule has 0 aromatic heterocycles. The lowest BCUT2D eigenvalue weighted by Gasteiger charge is -2.22. The molecule has 38 heavy (non-hydrogen) atoms. The molecule has 0 fully saturated rings. The molecule has 0 aliphatic heterocycles. The number of benzene rings is 4. The molecule has 8 heteroatoms. The molecule has 4 aromatic rings. The van der Waals surface area contributed by atoms with Gasteiger partial charge in [0, 0.05) is 11.1 Å². The smallest absolute Gasteiger partial charge is 0.211 e. The van der Waals surface area contributed by atoms with Crippen molar-refractivity contribution in [2.24, 2.45) is 20.0 Å². The van der Waals surface area contributed by atoms with Gasteiger partial charge < -0.3 is 0 Å². The maximum atomic E-state index is 10.8. The minimum Gasteiger partial charge on any atom is -0.211 e. The second kappa shape index (κ2) is 14.1. The summed E-state index contributed by atoms with van der Waals surface area (Å²) in [7, 11) is 0. The molecule has 0 bridgehead atoms. The van der Waals surface area contributed by atoms with Crippen molar-refractivity contribution in [1.29, 1.82) is 0 Å². The molecule has 0 saturated carbocycles. The third kappa shape index (κ3) is 7.20. The normalized spacial score (nSPS) is 9.68. The molecular formula is C30H20N4O4. The van der Waals surface area contributed by atoms with Gasteiger partial charge in [-0.25, -0.2) is 19.2 Å². The van der Waals surface area contributed by atoms with E-state index in [1.54, 1.807) is 72.8 Å². The van der Waals surface area contributed by atoms with Crippen LogP contribution in [-0.4, -0.2) is 24.3 Å². The molecule has 0 aliphatic carbocycles. The van der Waals surface area contributed by atoms with Crippen LogP contribution in [0.25, 0.3) is 0 Å². The molecule has 0 heterocycles. The van der Waals surface area contributed by atoms with Gasteiger partial charge in [0.1, 0.15) is 0 Å². The van der Waals surface area contributed by atoms with E-state index in [2.05, 4.69) is 20.0 Å². The maximum absolute atomic E-state index is 10.8. The minimum atomic E-state index is -1.41. The van der Waals surface area contributed by atoms with Gasteiger partial charge in [0.05, 0.1) is 11.4 Å². The highest BCUT2D eigenvalue weighted by Crippen LogP contribution is 2.34. The molecule has 0 amide bonds. The van der Waals surface area contributed by atoms with Crippen LogP contribution in [0.2, 0.25) is 0 Å². The molecular weight excluding hydrogens is 480 g/mol. The van der Waals surface area contributed by atoms with Crippen molar-refractivity contribution in [1.82, 2.24) is 0 Å². The SMILES string of the molecule is O=C=NC(N=C=O)(c1ccccc1)c1ccccc1.O=C=Nc1ccc(Cc2ccc(N=C=O)cc2)cc1. The molecule has 0 unspecified atom stereocenters. The average Bonchev–Trinajstić information content (AvgIpc) is 2.96. The third-order valence-electron chi connectivity index (χ3n) is 5.40. The number of nitrogens with zero attached hydrogens (tertiary/aromatic N) is 4. The molecule has 0 atom stereocenters. The Labute approximate surface area is 218 Å². The second-order valence-corrected chi connectivity index (χ2v) is 7.73. The number of carbonyl (C=O) groups excluding carboxylic acids is 4. The van der Waals surface area contributed by atoms with E-state index in [0.29, 0.717) is 22.5 Å². The number of aliphatic imine (C=N–C) groups is 4. The summed E-state index contributed by atoms with van der Waals surface area (Å²) in [6.45, 7) is 0. The topological polar surface area (TPSA) is 118 Å². The summed E-state index contributed by atoms with van der Waals surface area (Å²) in [5.74, 6) is 0. The van der Waals surface area contributed by atoms with Crippen LogP contribution in [0.4, 0.5) is 11.4 Å². The first-order valence-electron chi connectivity index (χ1n) is 11.3. The van der Waals surface area contributed by atoms with Crippen LogP contribution in [0.15, 0.2) is 129 Å². The first-order valence-corrected chi connectivity index (χ1v) is 11.3. The fourth-order valence-corrected chi connectivity index (χ4v) is 3.64. The van der Waals surface area contributed by atoms with E-state index in [0.717, 1.165) is 17.5 Å². The van der Waals surface area contributed by atoms with Gasteiger partial charge in [-0.3, -0.25) is 0 Å². The Morgan fingerprint density at radius 1 is 0.474 bits per heavy atom. The van der Waals surface area contributed by atoms with Gasteiger partial charge in [-0.1, -0.05) is 84.9 Å². The summed E-state index contributed by atoms with van der Waals surface area (Å²) in [4.78, 5) is 56.3. The summed E-state index contributed by atoms with van der Waals surface area (Å²) < 4.78 is 0. The highest BCUT2D eigenvalue weighted by atomic mass is 16.1. The minimum absolute atomic E-state index is 0.592. The fraction of sp³-hybridized carbons (Fsp3) is 0.0667. The van der Waals surface area contributed by atoms with Crippen LogP contribution in [0, 0.1) is 0 Å². The Hall–Kier alpha value is -5.60. The van der Waals surface area contributed by atoms with E-state index >= 15 is 0 Å². The van der Waals surface area contributed by atoms with Crippen molar-refractivity contribution in [2.75, 3.05) is 0 Å². The zero-order valence-electron chi connectivity index (χ0n) is 20.0. The van der Waals surface area contributed by atoms with Gasteiger partial charge in [-0.05, 0) is 41.8 Å². The molecule has 0 saturated heterocycles. The van der Waals surface area contributed by atoms with Gasteiger partial charge in [-0.2, -0.15) is 20.0 Å². The predicted octanol–water partition coefficient (Wildman–Crippen LogP) is 5.77. The Bertz CT molecular complexity index is 1410. The predicted molar refractivity (Wildman–Crippen MR) is 141 cm³/mol. The largest absolute Gasteiger partial charge is 0.240 e. The molecule has 0 spiro atoms. The molecule has 8 nitrogen and oxygen atoms in total. The third-order valence-corrected chi connectivity index (χ3v) is 5.40. The van der Waals surface area contributed by atoms with Crippen molar-refractivity contribution in [3.05, 3.63) is 131 Å². The van der Waals surface area contributed by atoms with Crippen molar-refractivity contribution in [2.45, 2.75) is 12.1 Å². The van der Waals surface area contributed by atoms with E-state index in [1.165, 1.54) is 24.3 Å². The quantitative estimate of drug-likeness (QED) is 0.225. The van der Waals surface area contributed by atoms with E-state index in [4.69, 9.17) is 0 Å². The standard InChI is InChI=1S/2C15H10N2O2/c18-10-16-14-5-1-12(2-6-14)9-13-3-7-15(8-4-13)17-11-19;18-11-16-15(17-12-19,13-7-3-1-4-8-13)14-9-5-2-6-10-14/h1-8H,9H2;1-10H. The Morgan fingerprint density at radius 2 is 0.842 bits per heavy atom. The van der Waals surface area contributed by atoms with Gasteiger partial charge in [0.15, 0.2) is 0 Å². The molecule has 0 aliphatic rings. The Morgan fingerprint density at radius 3 is 1.16 bits per heavy atom. The molecule has 0 radical (unpaired) electrons. The number of hydrogen-bond acceptors (Lipinski definition) is 8. The first-order chi connectivity index (χ1) is 18.6. The highest BCUT2D eigenvalue weighted by Gasteiger charge is 2.34. The average molecular weight is 501 g/mol. The van der Waals surface area contributed by atoms with Gasteiger partial charge in [0.2, 0.25) is 30.0 Å². The monoisotopic (exact) mass is 500 g/mol. The zero-order chi connectivity index (χ0) is 27.1. The lowest BCUT2D eigenvalue weighted by molar-refractivity contribution is 0.516. The van der Waals surface area contributed by atoms with Crippen LogP contribution in [0.1, 0.15) is 22.3 Å². The second-order valence-electron chi connectivity index (χ2n) is 7.73. The number of rotatable bonds is 8. The number of isocyanates is 4. The van der Waals surface area contributed by atoms with E-state index in [-0.39, 0.29) is 0 Å². The van der Waals surface area contributed by atoms with Crippen molar-refractivity contribution in [3.8, 4) is 0 Å². The lowest BCUT2D eigenvalue weighted by Crippen LogP contribution is -2.22. The van der Waals surface area contributed by atoms with Crippen LogP contribution in [0.5, 0.6) is 0 Å². The van der Waals surface area contributed by atoms with Gasteiger partial charge >= 0.3 is 0 Å². The summed E-state index contributed by atoms with van der Waals surface area (Å²) in [5.41, 5.74) is 3.20. The molecule has 4 rings (SSSR count). The molecule has 184 valence electrons. The zero-order valence-corrected chi connectivity index (χ0v) is 20.0. The Balaban J connectivity index is 0.000000211. The lowest BCUT2D eigenvalue weighted by atomic mass is 9.92. The highest BCUT2D eigenvalue weighted by molar-refractivity contribution is 5.51. The summed E-state index contributed by atoms with van der Waals surface area (Å²) >= 11 is 0.